The van der Waals surface area contributed by atoms with Crippen LogP contribution in [0.3, 0.4) is 0 Å². The third-order valence-electron chi connectivity index (χ3n) is 3.05. The van der Waals surface area contributed by atoms with Crippen LogP contribution in [-0.4, -0.2) is 13.7 Å². The van der Waals surface area contributed by atoms with Crippen molar-refractivity contribution in [3.05, 3.63) is 64.7 Å². The first-order valence-corrected chi connectivity index (χ1v) is 6.65. The van der Waals surface area contributed by atoms with E-state index in [1.165, 1.54) is 5.56 Å². The summed E-state index contributed by atoms with van der Waals surface area (Å²) >= 11 is 5.98. The van der Waals surface area contributed by atoms with Gasteiger partial charge in [-0.05, 0) is 36.2 Å². The molecule has 100 valence electrons. The van der Waals surface area contributed by atoms with Gasteiger partial charge in [-0.25, -0.2) is 0 Å². The van der Waals surface area contributed by atoms with E-state index in [2.05, 4.69) is 17.4 Å². The van der Waals surface area contributed by atoms with Crippen molar-refractivity contribution >= 4 is 17.3 Å². The number of methoxy groups -OCH3 is 1. The highest BCUT2D eigenvalue weighted by Crippen LogP contribution is 2.24. The van der Waals surface area contributed by atoms with E-state index < -0.39 is 0 Å². The van der Waals surface area contributed by atoms with Crippen molar-refractivity contribution in [1.82, 2.24) is 0 Å². The maximum atomic E-state index is 5.98. The molecule has 0 heterocycles. The summed E-state index contributed by atoms with van der Waals surface area (Å²) in [5.74, 6) is 0. The van der Waals surface area contributed by atoms with Crippen LogP contribution in [0.2, 0.25) is 5.02 Å². The largest absolute Gasteiger partial charge is 0.382 e. The molecule has 0 amide bonds. The number of halogens is 1. The van der Waals surface area contributed by atoms with Crippen molar-refractivity contribution in [1.29, 1.82) is 0 Å². The van der Waals surface area contributed by atoms with E-state index in [1.807, 2.05) is 43.3 Å². The molecule has 0 saturated heterocycles. The molecule has 0 saturated carbocycles. The number of ether oxygens (including phenoxy) is 1. The number of aryl methyl sites for hydroxylation is 1. The molecular formula is C16H18ClNO. The van der Waals surface area contributed by atoms with Crippen molar-refractivity contribution in [3.8, 4) is 0 Å². The van der Waals surface area contributed by atoms with Gasteiger partial charge < -0.3 is 10.1 Å². The number of nitrogens with one attached hydrogen (secondary N) is 1. The summed E-state index contributed by atoms with van der Waals surface area (Å²) in [5.41, 5.74) is 3.42. The van der Waals surface area contributed by atoms with Gasteiger partial charge >= 0.3 is 0 Å². The van der Waals surface area contributed by atoms with E-state index in [0.29, 0.717) is 6.61 Å². The number of anilines is 1. The van der Waals surface area contributed by atoms with E-state index in [9.17, 15) is 0 Å². The normalized spacial score (nSPS) is 12.2. The van der Waals surface area contributed by atoms with Crippen LogP contribution in [0.25, 0.3) is 0 Å². The second kappa shape index (κ2) is 6.60. The summed E-state index contributed by atoms with van der Waals surface area (Å²) in [6.45, 7) is 2.66. The van der Waals surface area contributed by atoms with Crippen molar-refractivity contribution < 1.29 is 4.74 Å². The number of hydrogen-bond donors (Lipinski definition) is 1. The zero-order valence-electron chi connectivity index (χ0n) is 11.2. The average molecular weight is 276 g/mol. The molecule has 0 fully saturated rings. The van der Waals surface area contributed by atoms with Gasteiger partial charge in [0.1, 0.15) is 0 Å². The third-order valence-corrected chi connectivity index (χ3v) is 3.29. The Kier molecular flexibility index (Phi) is 4.83. The molecule has 0 radical (unpaired) electrons. The summed E-state index contributed by atoms with van der Waals surface area (Å²) in [5, 5.41) is 4.26. The van der Waals surface area contributed by atoms with Crippen molar-refractivity contribution in [3.63, 3.8) is 0 Å². The van der Waals surface area contributed by atoms with E-state index >= 15 is 0 Å². The Morgan fingerprint density at radius 2 is 1.89 bits per heavy atom. The van der Waals surface area contributed by atoms with Gasteiger partial charge in [-0.3, -0.25) is 0 Å². The van der Waals surface area contributed by atoms with Crippen LogP contribution in [0.4, 0.5) is 5.69 Å². The maximum absolute atomic E-state index is 5.98. The molecular weight excluding hydrogens is 258 g/mol. The molecule has 0 aliphatic heterocycles. The van der Waals surface area contributed by atoms with Gasteiger partial charge in [0.15, 0.2) is 0 Å². The lowest BCUT2D eigenvalue weighted by Crippen LogP contribution is -2.16. The van der Waals surface area contributed by atoms with Gasteiger partial charge in [0.2, 0.25) is 0 Å². The zero-order valence-corrected chi connectivity index (χ0v) is 11.9. The Morgan fingerprint density at radius 3 is 2.53 bits per heavy atom. The highest BCUT2D eigenvalue weighted by Gasteiger charge is 2.11. The molecule has 0 aliphatic rings. The predicted molar refractivity (Wildman–Crippen MR) is 80.9 cm³/mol. The Bertz CT molecular complexity index is 528. The molecule has 2 aromatic rings. The van der Waals surface area contributed by atoms with E-state index in [4.69, 9.17) is 16.3 Å². The summed E-state index contributed by atoms with van der Waals surface area (Å²) < 4.78 is 5.31. The highest BCUT2D eigenvalue weighted by atomic mass is 35.5. The molecule has 0 bridgehead atoms. The summed E-state index contributed by atoms with van der Waals surface area (Å²) in [7, 11) is 1.71. The lowest BCUT2D eigenvalue weighted by atomic mass is 10.1. The smallest absolute Gasteiger partial charge is 0.0747 e. The highest BCUT2D eigenvalue weighted by molar-refractivity contribution is 6.30. The van der Waals surface area contributed by atoms with E-state index in [1.54, 1.807) is 7.11 Å². The minimum atomic E-state index is 0.131. The second-order valence-electron chi connectivity index (χ2n) is 4.52. The predicted octanol–water partition coefficient (Wildman–Crippen LogP) is 4.45. The molecule has 1 N–H and O–H groups in total. The van der Waals surface area contributed by atoms with Gasteiger partial charge in [-0.2, -0.15) is 0 Å². The van der Waals surface area contributed by atoms with Gasteiger partial charge in [0.25, 0.3) is 0 Å². The van der Waals surface area contributed by atoms with Crippen LogP contribution in [0.5, 0.6) is 0 Å². The Labute approximate surface area is 119 Å². The average Bonchev–Trinajstić information content (AvgIpc) is 2.42. The number of hydrogen-bond acceptors (Lipinski definition) is 2. The molecule has 3 heteroatoms. The first-order chi connectivity index (χ1) is 9.20. The topological polar surface area (TPSA) is 21.3 Å². The van der Waals surface area contributed by atoms with Gasteiger partial charge in [-0.1, -0.05) is 41.9 Å². The third kappa shape index (κ3) is 3.72. The van der Waals surface area contributed by atoms with Crippen molar-refractivity contribution in [2.75, 3.05) is 19.0 Å². The molecule has 2 nitrogen and oxygen atoms in total. The minimum absolute atomic E-state index is 0.131. The van der Waals surface area contributed by atoms with Crippen molar-refractivity contribution in [2.45, 2.75) is 13.0 Å². The van der Waals surface area contributed by atoms with E-state index in [0.717, 1.165) is 16.3 Å². The first-order valence-electron chi connectivity index (χ1n) is 6.27. The van der Waals surface area contributed by atoms with Gasteiger partial charge in [0.05, 0.1) is 12.6 Å². The molecule has 1 atom stereocenters. The fraction of sp³-hybridized carbons (Fsp3) is 0.250. The van der Waals surface area contributed by atoms with Crippen molar-refractivity contribution in [2.24, 2.45) is 0 Å². The fourth-order valence-electron chi connectivity index (χ4n) is 2.05. The molecule has 0 aliphatic carbocycles. The standard InChI is InChI=1S/C16H18ClNO/c1-12-10-14(17)8-9-15(12)18-16(11-19-2)13-6-4-3-5-7-13/h3-10,16,18H,11H2,1-2H3. The van der Waals surface area contributed by atoms with Gasteiger partial charge in [-0.15, -0.1) is 0 Å². The monoisotopic (exact) mass is 275 g/mol. The quantitative estimate of drug-likeness (QED) is 0.870. The van der Waals surface area contributed by atoms with E-state index in [-0.39, 0.29) is 6.04 Å². The summed E-state index contributed by atoms with van der Waals surface area (Å²) in [6.07, 6.45) is 0. The van der Waals surface area contributed by atoms with Crippen LogP contribution >= 0.6 is 11.6 Å². The summed E-state index contributed by atoms with van der Waals surface area (Å²) in [6, 6.07) is 16.3. The van der Waals surface area contributed by atoms with Crippen LogP contribution < -0.4 is 5.32 Å². The minimum Gasteiger partial charge on any atom is -0.382 e. The Morgan fingerprint density at radius 1 is 1.16 bits per heavy atom. The Balaban J connectivity index is 2.21. The Hall–Kier alpha value is -1.51. The first kappa shape index (κ1) is 13.9. The van der Waals surface area contributed by atoms with Gasteiger partial charge in [0, 0.05) is 17.8 Å². The molecule has 0 spiro atoms. The summed E-state index contributed by atoms with van der Waals surface area (Å²) in [4.78, 5) is 0. The zero-order chi connectivity index (χ0) is 13.7. The second-order valence-corrected chi connectivity index (χ2v) is 4.96. The van der Waals surface area contributed by atoms with Crippen LogP contribution in [0.1, 0.15) is 17.2 Å². The van der Waals surface area contributed by atoms with Crippen LogP contribution in [-0.2, 0) is 4.74 Å². The van der Waals surface area contributed by atoms with Crippen LogP contribution in [0.15, 0.2) is 48.5 Å². The fourth-order valence-corrected chi connectivity index (χ4v) is 2.28. The molecule has 2 aromatic carbocycles. The number of benzene rings is 2. The SMILES string of the molecule is COCC(Nc1ccc(Cl)cc1C)c1ccccc1. The molecule has 1 unspecified atom stereocenters. The molecule has 2 rings (SSSR count). The molecule has 19 heavy (non-hydrogen) atoms. The lowest BCUT2D eigenvalue weighted by Gasteiger charge is -2.21. The maximum Gasteiger partial charge on any atom is 0.0747 e. The lowest BCUT2D eigenvalue weighted by molar-refractivity contribution is 0.186. The van der Waals surface area contributed by atoms with Crippen LogP contribution in [0, 0.1) is 6.92 Å². The number of rotatable bonds is 5. The molecule has 0 aromatic heterocycles.